The molecule has 208 valence electrons. The Morgan fingerprint density at radius 2 is 0.727 bits per heavy atom. The lowest BCUT2D eigenvalue weighted by Gasteiger charge is -2.26. The van der Waals surface area contributed by atoms with Crippen LogP contribution in [0.15, 0.2) is 180 Å². The Morgan fingerprint density at radius 3 is 1.25 bits per heavy atom. The lowest BCUT2D eigenvalue weighted by atomic mass is 10.00. The molecule has 0 unspecified atom stereocenters. The molecule has 8 aromatic rings. The summed E-state index contributed by atoms with van der Waals surface area (Å²) in [6.45, 7) is 0. The SMILES string of the molecule is c1ccc(-c2ccc(-c3ccc(N(c4ccc(-c5ccccc5)cc4)c4cccc5c4oc4ccccc45)cc3)cc2)cc1. The van der Waals surface area contributed by atoms with Crippen molar-refractivity contribution in [1.82, 2.24) is 0 Å². The van der Waals surface area contributed by atoms with Gasteiger partial charge in [-0.2, -0.15) is 0 Å². The van der Waals surface area contributed by atoms with Gasteiger partial charge in [0, 0.05) is 22.1 Å². The molecule has 0 saturated carbocycles. The summed E-state index contributed by atoms with van der Waals surface area (Å²) in [7, 11) is 0. The standard InChI is InChI=1S/C42H29NO/c1-3-10-30(11-4-1)32-18-20-33(21-19-32)35-24-28-37(29-25-35)43(36-26-22-34(23-27-36)31-12-5-2-6-13-31)40-16-9-15-39-38-14-7-8-17-41(38)44-42(39)40/h1-29H. The van der Waals surface area contributed by atoms with Crippen molar-refractivity contribution >= 4 is 39.0 Å². The number of para-hydroxylation sites is 2. The van der Waals surface area contributed by atoms with Crippen LogP contribution in [-0.2, 0) is 0 Å². The monoisotopic (exact) mass is 563 g/mol. The van der Waals surface area contributed by atoms with Crippen LogP contribution in [0.5, 0.6) is 0 Å². The van der Waals surface area contributed by atoms with Crippen molar-refractivity contribution in [2.24, 2.45) is 0 Å². The molecule has 0 saturated heterocycles. The summed E-state index contributed by atoms with van der Waals surface area (Å²) in [6, 6.07) is 62.0. The number of rotatable bonds is 6. The van der Waals surface area contributed by atoms with Crippen molar-refractivity contribution < 1.29 is 4.42 Å². The van der Waals surface area contributed by atoms with E-state index in [-0.39, 0.29) is 0 Å². The van der Waals surface area contributed by atoms with E-state index in [1.165, 1.54) is 33.4 Å². The first-order chi connectivity index (χ1) is 21.8. The van der Waals surface area contributed by atoms with Crippen LogP contribution in [0.3, 0.4) is 0 Å². The second kappa shape index (κ2) is 11.1. The Morgan fingerprint density at radius 1 is 0.318 bits per heavy atom. The maximum atomic E-state index is 6.50. The predicted octanol–water partition coefficient (Wildman–Crippen LogP) is 12.1. The number of fused-ring (bicyclic) bond motifs is 3. The molecule has 0 amide bonds. The van der Waals surface area contributed by atoms with Crippen LogP contribution in [0.25, 0.3) is 55.3 Å². The number of benzene rings is 7. The summed E-state index contributed by atoms with van der Waals surface area (Å²) < 4.78 is 6.50. The molecule has 0 fully saturated rings. The third kappa shape index (κ3) is 4.73. The summed E-state index contributed by atoms with van der Waals surface area (Å²) in [5, 5.41) is 2.23. The fourth-order valence-corrected chi connectivity index (χ4v) is 6.06. The number of hydrogen-bond donors (Lipinski definition) is 0. The van der Waals surface area contributed by atoms with E-state index in [0.29, 0.717) is 0 Å². The lowest BCUT2D eigenvalue weighted by molar-refractivity contribution is 0.669. The molecule has 2 heteroatoms. The maximum absolute atomic E-state index is 6.50. The minimum absolute atomic E-state index is 0.876. The average Bonchev–Trinajstić information content (AvgIpc) is 3.50. The normalized spacial score (nSPS) is 11.2. The van der Waals surface area contributed by atoms with Crippen molar-refractivity contribution in [3.63, 3.8) is 0 Å². The van der Waals surface area contributed by atoms with Gasteiger partial charge < -0.3 is 9.32 Å². The van der Waals surface area contributed by atoms with Gasteiger partial charge in [0.1, 0.15) is 5.58 Å². The molecule has 44 heavy (non-hydrogen) atoms. The number of hydrogen-bond acceptors (Lipinski definition) is 2. The highest BCUT2D eigenvalue weighted by Crippen LogP contribution is 2.42. The van der Waals surface area contributed by atoms with Crippen molar-refractivity contribution in [2.75, 3.05) is 4.90 Å². The third-order valence-corrected chi connectivity index (χ3v) is 8.31. The zero-order valence-electron chi connectivity index (χ0n) is 24.1. The zero-order chi connectivity index (χ0) is 29.3. The highest BCUT2D eigenvalue weighted by Gasteiger charge is 2.19. The Bertz CT molecular complexity index is 2180. The van der Waals surface area contributed by atoms with Gasteiger partial charge in [-0.25, -0.2) is 0 Å². The van der Waals surface area contributed by atoms with Gasteiger partial charge in [0.25, 0.3) is 0 Å². The van der Waals surface area contributed by atoms with E-state index < -0.39 is 0 Å². The van der Waals surface area contributed by atoms with Crippen molar-refractivity contribution in [1.29, 1.82) is 0 Å². The molecule has 0 bridgehead atoms. The minimum atomic E-state index is 0.876. The summed E-state index contributed by atoms with van der Waals surface area (Å²) >= 11 is 0. The van der Waals surface area contributed by atoms with E-state index in [9.17, 15) is 0 Å². The third-order valence-electron chi connectivity index (χ3n) is 8.31. The second-order valence-corrected chi connectivity index (χ2v) is 11.0. The summed E-state index contributed by atoms with van der Waals surface area (Å²) in [5.74, 6) is 0. The molecule has 8 rings (SSSR count). The van der Waals surface area contributed by atoms with Crippen molar-refractivity contribution in [2.45, 2.75) is 0 Å². The largest absolute Gasteiger partial charge is 0.454 e. The summed E-state index contributed by atoms with van der Waals surface area (Å²) in [6.07, 6.45) is 0. The number of furan rings is 1. The minimum Gasteiger partial charge on any atom is -0.454 e. The molecule has 0 radical (unpaired) electrons. The molecular weight excluding hydrogens is 534 g/mol. The predicted molar refractivity (Wildman–Crippen MR) is 185 cm³/mol. The van der Waals surface area contributed by atoms with Gasteiger partial charge in [0.05, 0.1) is 5.69 Å². The molecular formula is C42H29NO. The number of nitrogens with zero attached hydrogens (tertiary/aromatic N) is 1. The fourth-order valence-electron chi connectivity index (χ4n) is 6.06. The highest BCUT2D eigenvalue weighted by molar-refractivity contribution is 6.10. The molecule has 0 N–H and O–H groups in total. The van der Waals surface area contributed by atoms with E-state index in [1.807, 2.05) is 12.1 Å². The highest BCUT2D eigenvalue weighted by atomic mass is 16.3. The van der Waals surface area contributed by atoms with E-state index >= 15 is 0 Å². The van der Waals surface area contributed by atoms with Crippen LogP contribution < -0.4 is 4.90 Å². The summed E-state index contributed by atoms with van der Waals surface area (Å²) in [5.41, 5.74) is 12.1. The molecule has 1 aromatic heterocycles. The molecule has 0 aliphatic carbocycles. The lowest BCUT2D eigenvalue weighted by Crippen LogP contribution is -2.10. The van der Waals surface area contributed by atoms with E-state index in [0.717, 1.165) is 39.0 Å². The van der Waals surface area contributed by atoms with Gasteiger partial charge in [0.15, 0.2) is 5.58 Å². The van der Waals surface area contributed by atoms with Crippen LogP contribution in [-0.4, -0.2) is 0 Å². The topological polar surface area (TPSA) is 16.4 Å². The van der Waals surface area contributed by atoms with Gasteiger partial charge >= 0.3 is 0 Å². The zero-order valence-corrected chi connectivity index (χ0v) is 24.1. The number of anilines is 3. The molecule has 2 nitrogen and oxygen atoms in total. The van der Waals surface area contributed by atoms with Crippen LogP contribution in [0.2, 0.25) is 0 Å². The first-order valence-corrected chi connectivity index (χ1v) is 14.9. The van der Waals surface area contributed by atoms with Gasteiger partial charge in [-0.3, -0.25) is 0 Å². The van der Waals surface area contributed by atoms with Gasteiger partial charge in [-0.15, -0.1) is 0 Å². The van der Waals surface area contributed by atoms with Crippen LogP contribution in [0.4, 0.5) is 17.1 Å². The fraction of sp³-hybridized carbons (Fsp3) is 0. The van der Waals surface area contributed by atoms with Gasteiger partial charge in [-0.05, 0) is 69.8 Å². The second-order valence-electron chi connectivity index (χ2n) is 11.0. The molecule has 0 aliphatic rings. The van der Waals surface area contributed by atoms with Crippen LogP contribution in [0.1, 0.15) is 0 Å². The molecule has 0 spiro atoms. The average molecular weight is 564 g/mol. The van der Waals surface area contributed by atoms with E-state index in [2.05, 4.69) is 169 Å². The van der Waals surface area contributed by atoms with E-state index in [1.54, 1.807) is 0 Å². The van der Waals surface area contributed by atoms with E-state index in [4.69, 9.17) is 4.42 Å². The molecule has 7 aromatic carbocycles. The van der Waals surface area contributed by atoms with Crippen LogP contribution in [0, 0.1) is 0 Å². The van der Waals surface area contributed by atoms with Gasteiger partial charge in [-0.1, -0.05) is 140 Å². The summed E-state index contributed by atoms with van der Waals surface area (Å²) in [4.78, 5) is 2.29. The first kappa shape index (κ1) is 25.8. The smallest absolute Gasteiger partial charge is 0.159 e. The Balaban J connectivity index is 1.21. The van der Waals surface area contributed by atoms with Crippen LogP contribution >= 0.6 is 0 Å². The molecule has 0 atom stereocenters. The quantitative estimate of drug-likeness (QED) is 0.200. The Kier molecular flexibility index (Phi) is 6.51. The van der Waals surface area contributed by atoms with Crippen molar-refractivity contribution in [3.05, 3.63) is 176 Å². The molecule has 1 heterocycles. The van der Waals surface area contributed by atoms with Gasteiger partial charge in [0.2, 0.25) is 0 Å². The first-order valence-electron chi connectivity index (χ1n) is 14.9. The molecule has 0 aliphatic heterocycles. The maximum Gasteiger partial charge on any atom is 0.159 e. The Hall–Kier alpha value is -5.86. The Labute approximate surface area is 257 Å². The van der Waals surface area contributed by atoms with Crippen molar-refractivity contribution in [3.8, 4) is 33.4 Å².